The number of carbonyl (C=O) groups excluding carboxylic acids is 2. The number of rotatable bonds is 3. The fourth-order valence-corrected chi connectivity index (χ4v) is 5.39. The Morgan fingerprint density at radius 3 is 2.82 bits per heavy atom. The highest BCUT2D eigenvalue weighted by molar-refractivity contribution is 5.99. The van der Waals surface area contributed by atoms with Crippen molar-refractivity contribution < 1.29 is 14.3 Å². The second-order valence-corrected chi connectivity index (χ2v) is 9.02. The highest BCUT2D eigenvalue weighted by atomic mass is 16.6. The van der Waals surface area contributed by atoms with Crippen molar-refractivity contribution in [1.29, 1.82) is 0 Å². The molecule has 4 aromatic rings. The zero-order valence-electron chi connectivity index (χ0n) is 18.9. The van der Waals surface area contributed by atoms with Crippen molar-refractivity contribution in [2.75, 3.05) is 13.1 Å². The van der Waals surface area contributed by atoms with Crippen molar-refractivity contribution in [3.05, 3.63) is 81.9 Å². The van der Waals surface area contributed by atoms with Crippen LogP contribution in [0, 0.1) is 0 Å². The first-order valence-electron chi connectivity index (χ1n) is 11.7. The van der Waals surface area contributed by atoms with Gasteiger partial charge in [-0.2, -0.15) is 0 Å². The maximum absolute atomic E-state index is 13.8. The SMILES string of the molecule is CCCn1c(C(=O)N2CCCC3(C2)OC(=O)c2ccccc23)cc2c(=O)n3ccccc3nc21. The average molecular weight is 457 g/mol. The molecule has 3 aromatic heterocycles. The lowest BCUT2D eigenvalue weighted by Gasteiger charge is -2.39. The van der Waals surface area contributed by atoms with Crippen molar-refractivity contribution >= 4 is 28.6 Å². The normalized spacial score (nSPS) is 19.7. The largest absolute Gasteiger partial charge is 0.449 e. The van der Waals surface area contributed by atoms with Crippen molar-refractivity contribution in [2.45, 2.75) is 38.3 Å². The molecule has 0 radical (unpaired) electrons. The van der Waals surface area contributed by atoms with Gasteiger partial charge in [0.2, 0.25) is 0 Å². The number of benzene rings is 1. The van der Waals surface area contributed by atoms with Gasteiger partial charge in [-0.05, 0) is 43.5 Å². The number of aromatic nitrogens is 3. The van der Waals surface area contributed by atoms with Crippen molar-refractivity contribution in [2.24, 2.45) is 0 Å². The number of carbonyl (C=O) groups is 2. The van der Waals surface area contributed by atoms with Gasteiger partial charge < -0.3 is 14.2 Å². The van der Waals surface area contributed by atoms with Gasteiger partial charge in [-0.1, -0.05) is 31.2 Å². The zero-order chi connectivity index (χ0) is 23.4. The summed E-state index contributed by atoms with van der Waals surface area (Å²) in [6.45, 7) is 3.44. The molecule has 6 rings (SSSR count). The number of nitrogens with zero attached hydrogens (tertiary/aromatic N) is 4. The first-order chi connectivity index (χ1) is 16.5. The van der Waals surface area contributed by atoms with Crippen LogP contribution in [-0.2, 0) is 16.9 Å². The molecule has 1 saturated heterocycles. The molecule has 1 atom stereocenters. The molecule has 1 unspecified atom stereocenters. The molecule has 1 spiro atoms. The van der Waals surface area contributed by atoms with Crippen LogP contribution < -0.4 is 5.56 Å². The third-order valence-electron chi connectivity index (χ3n) is 6.91. The molecule has 172 valence electrons. The Morgan fingerprint density at radius 1 is 1.15 bits per heavy atom. The van der Waals surface area contributed by atoms with E-state index in [1.165, 1.54) is 4.40 Å². The monoisotopic (exact) mass is 456 g/mol. The Kier molecular flexibility index (Phi) is 4.58. The lowest BCUT2D eigenvalue weighted by molar-refractivity contribution is -0.0444. The van der Waals surface area contributed by atoms with Gasteiger partial charge in [-0.15, -0.1) is 0 Å². The van der Waals surface area contributed by atoms with Crippen LogP contribution in [0.25, 0.3) is 16.7 Å². The molecule has 8 heteroatoms. The summed E-state index contributed by atoms with van der Waals surface area (Å²) < 4.78 is 9.23. The molecule has 0 bridgehead atoms. The molecule has 2 aliphatic rings. The number of hydrogen-bond acceptors (Lipinski definition) is 5. The fourth-order valence-electron chi connectivity index (χ4n) is 5.39. The predicted octanol–water partition coefficient (Wildman–Crippen LogP) is 3.36. The molecule has 34 heavy (non-hydrogen) atoms. The van der Waals surface area contributed by atoms with E-state index in [2.05, 4.69) is 0 Å². The van der Waals surface area contributed by atoms with E-state index in [0.717, 1.165) is 12.0 Å². The van der Waals surface area contributed by atoms with Crippen LogP contribution in [0.1, 0.15) is 52.6 Å². The number of esters is 1. The lowest BCUT2D eigenvalue weighted by Crippen LogP contribution is -2.49. The number of aryl methyl sites for hydroxylation is 1. The Hall–Kier alpha value is -3.94. The molecule has 1 fully saturated rings. The Bertz CT molecular complexity index is 1540. The molecule has 5 heterocycles. The predicted molar refractivity (Wildman–Crippen MR) is 126 cm³/mol. The minimum atomic E-state index is -0.824. The zero-order valence-corrected chi connectivity index (χ0v) is 18.9. The molecule has 8 nitrogen and oxygen atoms in total. The van der Waals surface area contributed by atoms with Crippen LogP contribution >= 0.6 is 0 Å². The standard InChI is InChI=1S/C26H24N4O4/c1-2-12-29-20(15-18-22(29)27-21-10-5-6-14-30(21)23(18)31)24(32)28-13-7-11-26(16-28)19-9-4-3-8-17(19)25(33)34-26/h3-6,8-10,14-15H,2,7,11-13,16H2,1H3. The second kappa shape index (κ2) is 7.55. The molecular formula is C26H24N4O4. The third kappa shape index (κ3) is 2.91. The van der Waals surface area contributed by atoms with E-state index in [4.69, 9.17) is 9.72 Å². The van der Waals surface area contributed by atoms with E-state index < -0.39 is 5.60 Å². The molecule has 0 aliphatic carbocycles. The van der Waals surface area contributed by atoms with Gasteiger partial charge in [0.25, 0.3) is 11.5 Å². The highest BCUT2D eigenvalue weighted by Crippen LogP contribution is 2.43. The van der Waals surface area contributed by atoms with Crippen LogP contribution in [0.3, 0.4) is 0 Å². The van der Waals surface area contributed by atoms with Crippen LogP contribution in [0.4, 0.5) is 0 Å². The number of piperidine rings is 1. The molecule has 2 aliphatic heterocycles. The summed E-state index contributed by atoms with van der Waals surface area (Å²) in [6.07, 6.45) is 3.86. The summed E-state index contributed by atoms with van der Waals surface area (Å²) in [5.74, 6) is -0.520. The van der Waals surface area contributed by atoms with E-state index in [9.17, 15) is 14.4 Å². The molecule has 0 saturated carbocycles. The maximum Gasteiger partial charge on any atom is 0.339 e. The Labute approximate surface area is 195 Å². The van der Waals surface area contributed by atoms with Gasteiger partial charge >= 0.3 is 5.97 Å². The number of hydrogen-bond donors (Lipinski definition) is 0. The van der Waals surface area contributed by atoms with Gasteiger partial charge in [0, 0.05) is 24.8 Å². The minimum Gasteiger partial charge on any atom is -0.449 e. The van der Waals surface area contributed by atoms with E-state index in [-0.39, 0.29) is 24.0 Å². The van der Waals surface area contributed by atoms with Gasteiger partial charge in [0.05, 0.1) is 17.5 Å². The topological polar surface area (TPSA) is 85.9 Å². The van der Waals surface area contributed by atoms with Crippen LogP contribution in [0.15, 0.2) is 59.5 Å². The molecule has 0 N–H and O–H groups in total. The second-order valence-electron chi connectivity index (χ2n) is 9.02. The summed E-state index contributed by atoms with van der Waals surface area (Å²) in [7, 11) is 0. The third-order valence-corrected chi connectivity index (χ3v) is 6.91. The first-order valence-corrected chi connectivity index (χ1v) is 11.7. The molecular weight excluding hydrogens is 432 g/mol. The number of fused-ring (bicyclic) bond motifs is 4. The van der Waals surface area contributed by atoms with Gasteiger partial charge in [-0.3, -0.25) is 14.0 Å². The fraction of sp³-hybridized carbons (Fsp3) is 0.308. The van der Waals surface area contributed by atoms with Crippen LogP contribution in [0.2, 0.25) is 0 Å². The smallest absolute Gasteiger partial charge is 0.339 e. The van der Waals surface area contributed by atoms with Crippen LogP contribution in [0.5, 0.6) is 0 Å². The summed E-state index contributed by atoms with van der Waals surface area (Å²) in [5.41, 5.74) is 1.89. The van der Waals surface area contributed by atoms with Crippen molar-refractivity contribution in [1.82, 2.24) is 18.9 Å². The average Bonchev–Trinajstić information content (AvgIpc) is 3.35. The van der Waals surface area contributed by atoms with Crippen LogP contribution in [-0.4, -0.2) is 43.8 Å². The van der Waals surface area contributed by atoms with Gasteiger partial charge in [-0.25, -0.2) is 9.78 Å². The van der Waals surface area contributed by atoms with Crippen molar-refractivity contribution in [3.63, 3.8) is 0 Å². The lowest BCUT2D eigenvalue weighted by atomic mass is 9.85. The Morgan fingerprint density at radius 2 is 1.97 bits per heavy atom. The van der Waals surface area contributed by atoms with E-state index in [0.29, 0.717) is 53.9 Å². The maximum atomic E-state index is 13.8. The minimum absolute atomic E-state index is 0.181. The number of likely N-dealkylation sites (tertiary alicyclic amines) is 1. The number of pyridine rings is 1. The van der Waals surface area contributed by atoms with Gasteiger partial charge in [0.1, 0.15) is 17.0 Å². The van der Waals surface area contributed by atoms with E-state index in [1.807, 2.05) is 35.8 Å². The summed E-state index contributed by atoms with van der Waals surface area (Å²) in [6, 6.07) is 14.5. The summed E-state index contributed by atoms with van der Waals surface area (Å²) >= 11 is 0. The summed E-state index contributed by atoms with van der Waals surface area (Å²) in [5, 5.41) is 0.421. The first kappa shape index (κ1) is 20.7. The number of amides is 1. The summed E-state index contributed by atoms with van der Waals surface area (Å²) in [4.78, 5) is 46.0. The van der Waals surface area contributed by atoms with E-state index in [1.54, 1.807) is 35.4 Å². The number of ether oxygens (including phenoxy) is 1. The highest BCUT2D eigenvalue weighted by Gasteiger charge is 2.49. The van der Waals surface area contributed by atoms with Gasteiger partial charge in [0.15, 0.2) is 5.60 Å². The quantitative estimate of drug-likeness (QED) is 0.441. The van der Waals surface area contributed by atoms with E-state index >= 15 is 0 Å². The molecule has 1 amide bonds. The Balaban J connectivity index is 1.44. The molecule has 1 aromatic carbocycles. The van der Waals surface area contributed by atoms with Crippen molar-refractivity contribution in [3.8, 4) is 0 Å².